The summed E-state index contributed by atoms with van der Waals surface area (Å²) in [4.78, 5) is 20.6. The number of aromatic hydroxyl groups is 1. The molecule has 0 atom stereocenters. The van der Waals surface area contributed by atoms with Gasteiger partial charge >= 0.3 is 5.97 Å². The fraction of sp³-hybridized carbons (Fsp3) is 0.190. The van der Waals surface area contributed by atoms with Crippen LogP contribution in [-0.4, -0.2) is 28.2 Å². The lowest BCUT2D eigenvalue weighted by Gasteiger charge is -2.15. The Balaban J connectivity index is 1.95. The van der Waals surface area contributed by atoms with E-state index in [2.05, 4.69) is 20.0 Å². The van der Waals surface area contributed by atoms with Crippen molar-refractivity contribution >= 4 is 29.1 Å². The summed E-state index contributed by atoms with van der Waals surface area (Å²) in [7, 11) is 1.29. The minimum Gasteiger partial charge on any atom is -0.506 e. The maximum Gasteiger partial charge on any atom is 0.337 e. The third kappa shape index (κ3) is 4.40. The van der Waals surface area contributed by atoms with Gasteiger partial charge in [-0.15, -0.1) is 0 Å². The summed E-state index contributed by atoms with van der Waals surface area (Å²) < 4.78 is 4.67. The number of phenolic OH excluding ortho intramolecular Hbond substituents is 1. The van der Waals surface area contributed by atoms with Crippen LogP contribution in [0, 0.1) is 13.8 Å². The van der Waals surface area contributed by atoms with Crippen molar-refractivity contribution in [3.05, 3.63) is 75.7 Å². The Morgan fingerprint density at radius 2 is 1.86 bits per heavy atom. The molecule has 0 unspecified atom stereocenters. The van der Waals surface area contributed by atoms with Gasteiger partial charge in [-0.1, -0.05) is 23.7 Å². The van der Waals surface area contributed by atoms with E-state index in [1.54, 1.807) is 12.1 Å². The quantitative estimate of drug-likeness (QED) is 0.484. The van der Waals surface area contributed by atoms with Crippen LogP contribution in [-0.2, 0) is 11.2 Å². The van der Waals surface area contributed by atoms with Crippen LogP contribution >= 0.6 is 11.6 Å². The molecule has 0 amide bonds. The number of phenols is 1. The first kappa shape index (κ1) is 19.6. The van der Waals surface area contributed by atoms with E-state index in [1.165, 1.54) is 13.2 Å². The van der Waals surface area contributed by atoms with Gasteiger partial charge < -0.3 is 15.2 Å². The summed E-state index contributed by atoms with van der Waals surface area (Å²) in [6, 6.07) is 12.1. The van der Waals surface area contributed by atoms with Crippen LogP contribution < -0.4 is 5.32 Å². The lowest BCUT2D eigenvalue weighted by Crippen LogP contribution is -2.07. The molecule has 0 aliphatic carbocycles. The van der Waals surface area contributed by atoms with Crippen LogP contribution in [0.5, 0.6) is 5.75 Å². The highest BCUT2D eigenvalue weighted by molar-refractivity contribution is 6.30. The monoisotopic (exact) mass is 397 g/mol. The van der Waals surface area contributed by atoms with E-state index < -0.39 is 5.97 Å². The van der Waals surface area contributed by atoms with Crippen LogP contribution in [0.1, 0.15) is 33.0 Å². The summed E-state index contributed by atoms with van der Waals surface area (Å²) in [6.45, 7) is 3.73. The van der Waals surface area contributed by atoms with Gasteiger partial charge in [-0.05, 0) is 49.7 Å². The molecule has 0 aliphatic rings. The lowest BCUT2D eigenvalue weighted by molar-refractivity contribution is 0.0600. The Morgan fingerprint density at radius 3 is 2.50 bits per heavy atom. The maximum atomic E-state index is 11.6. The summed E-state index contributed by atoms with van der Waals surface area (Å²) in [5, 5.41) is 14.2. The molecular formula is C21H20ClN3O3. The van der Waals surface area contributed by atoms with Gasteiger partial charge in [0.1, 0.15) is 17.4 Å². The second-order valence-corrected chi connectivity index (χ2v) is 6.77. The average molecular weight is 398 g/mol. The molecule has 6 nitrogen and oxygen atoms in total. The molecule has 3 rings (SSSR count). The van der Waals surface area contributed by atoms with Crippen molar-refractivity contribution in [1.82, 2.24) is 9.97 Å². The number of hydrogen-bond donors (Lipinski definition) is 2. The van der Waals surface area contributed by atoms with Gasteiger partial charge in [0.15, 0.2) is 0 Å². The number of nitrogens with zero attached hydrogens (tertiary/aromatic N) is 2. The molecular weight excluding hydrogens is 378 g/mol. The van der Waals surface area contributed by atoms with Crippen molar-refractivity contribution in [2.45, 2.75) is 20.3 Å². The van der Waals surface area contributed by atoms with Gasteiger partial charge in [-0.25, -0.2) is 14.8 Å². The number of ether oxygens (including phenoxy) is 1. The van der Waals surface area contributed by atoms with Gasteiger partial charge in [-0.3, -0.25) is 0 Å². The summed E-state index contributed by atoms with van der Waals surface area (Å²) in [5.41, 5.74) is 3.51. The fourth-order valence-electron chi connectivity index (χ4n) is 2.87. The molecule has 0 saturated carbocycles. The third-order valence-corrected chi connectivity index (χ3v) is 4.54. The number of benzene rings is 2. The highest BCUT2D eigenvalue weighted by atomic mass is 35.5. The number of methoxy groups -OCH3 is 1. The molecule has 0 spiro atoms. The third-order valence-electron chi connectivity index (χ3n) is 4.29. The first-order valence-electron chi connectivity index (χ1n) is 8.64. The summed E-state index contributed by atoms with van der Waals surface area (Å²) in [5.74, 6) is 0.625. The number of aryl methyl sites for hydroxylation is 2. The molecule has 2 N–H and O–H groups in total. The van der Waals surface area contributed by atoms with Crippen molar-refractivity contribution in [2.24, 2.45) is 0 Å². The second-order valence-electron chi connectivity index (χ2n) is 6.34. The normalized spacial score (nSPS) is 10.6. The van der Waals surface area contributed by atoms with Crippen LogP contribution in [0.3, 0.4) is 0 Å². The van der Waals surface area contributed by atoms with Crippen LogP contribution in [0.15, 0.2) is 42.5 Å². The van der Waals surface area contributed by atoms with E-state index in [-0.39, 0.29) is 11.3 Å². The molecule has 3 aromatic rings. The van der Waals surface area contributed by atoms with E-state index >= 15 is 0 Å². The molecule has 2 aromatic carbocycles. The molecule has 28 heavy (non-hydrogen) atoms. The number of hydrogen-bond acceptors (Lipinski definition) is 6. The smallest absolute Gasteiger partial charge is 0.337 e. The summed E-state index contributed by atoms with van der Waals surface area (Å²) >= 11 is 5.97. The van der Waals surface area contributed by atoms with E-state index in [0.29, 0.717) is 28.8 Å². The maximum absolute atomic E-state index is 11.6. The Hall–Kier alpha value is -3.12. The van der Waals surface area contributed by atoms with E-state index in [0.717, 1.165) is 16.8 Å². The molecule has 7 heteroatoms. The first-order chi connectivity index (χ1) is 13.4. The minimum absolute atomic E-state index is 0.0748. The van der Waals surface area contributed by atoms with Crippen molar-refractivity contribution in [3.8, 4) is 5.75 Å². The zero-order chi connectivity index (χ0) is 20.3. The molecule has 0 saturated heterocycles. The van der Waals surface area contributed by atoms with Crippen LogP contribution in [0.4, 0.5) is 11.5 Å². The number of rotatable bonds is 5. The molecule has 0 bridgehead atoms. The summed E-state index contributed by atoms with van der Waals surface area (Å²) in [6.07, 6.45) is 0.604. The standard InChI is InChI=1S/C21H20ClN3O3/c1-12-17(10-14-4-7-16(22)8-5-14)20(24-13(2)23-12)25-18-9-6-15(11-19(18)26)21(27)28-3/h4-9,11,26H,10H2,1-3H3,(H,23,24,25). The Kier molecular flexibility index (Phi) is 5.80. The zero-order valence-corrected chi connectivity index (χ0v) is 16.5. The van der Waals surface area contributed by atoms with E-state index in [4.69, 9.17) is 11.6 Å². The van der Waals surface area contributed by atoms with Gasteiger partial charge in [0.2, 0.25) is 0 Å². The number of nitrogens with one attached hydrogen (secondary N) is 1. The Bertz CT molecular complexity index is 1020. The Labute approximate surface area is 168 Å². The Morgan fingerprint density at radius 1 is 1.14 bits per heavy atom. The number of halogens is 1. The topological polar surface area (TPSA) is 84.3 Å². The number of esters is 1. The largest absolute Gasteiger partial charge is 0.506 e. The second kappa shape index (κ2) is 8.27. The SMILES string of the molecule is COC(=O)c1ccc(Nc2nc(C)nc(C)c2Cc2ccc(Cl)cc2)c(O)c1. The molecule has 1 aromatic heterocycles. The minimum atomic E-state index is -0.515. The van der Waals surface area contributed by atoms with Crippen molar-refractivity contribution in [1.29, 1.82) is 0 Å². The van der Waals surface area contributed by atoms with Gasteiger partial charge in [0.25, 0.3) is 0 Å². The highest BCUT2D eigenvalue weighted by Crippen LogP contribution is 2.30. The number of aromatic nitrogens is 2. The fourth-order valence-corrected chi connectivity index (χ4v) is 2.99. The first-order valence-corrected chi connectivity index (χ1v) is 9.02. The van der Waals surface area contributed by atoms with Gasteiger partial charge in [0, 0.05) is 22.7 Å². The van der Waals surface area contributed by atoms with E-state index in [1.807, 2.05) is 38.1 Å². The molecule has 0 radical (unpaired) electrons. The van der Waals surface area contributed by atoms with Crippen molar-refractivity contribution in [3.63, 3.8) is 0 Å². The average Bonchev–Trinajstić information content (AvgIpc) is 2.67. The van der Waals surface area contributed by atoms with Gasteiger partial charge in [-0.2, -0.15) is 0 Å². The lowest BCUT2D eigenvalue weighted by atomic mass is 10.0. The zero-order valence-electron chi connectivity index (χ0n) is 15.8. The molecule has 144 valence electrons. The van der Waals surface area contributed by atoms with E-state index in [9.17, 15) is 9.90 Å². The molecule has 1 heterocycles. The molecule has 0 fully saturated rings. The number of carbonyl (C=O) groups is 1. The molecule has 0 aliphatic heterocycles. The number of anilines is 2. The predicted octanol–water partition coefficient (Wildman–Crippen LogP) is 4.57. The van der Waals surface area contributed by atoms with Gasteiger partial charge in [0.05, 0.1) is 18.4 Å². The van der Waals surface area contributed by atoms with Crippen molar-refractivity contribution in [2.75, 3.05) is 12.4 Å². The number of carbonyl (C=O) groups excluding carboxylic acids is 1. The highest BCUT2D eigenvalue weighted by Gasteiger charge is 2.15. The van der Waals surface area contributed by atoms with Crippen molar-refractivity contribution < 1.29 is 14.6 Å². The predicted molar refractivity (Wildman–Crippen MR) is 108 cm³/mol. The van der Waals surface area contributed by atoms with Crippen LogP contribution in [0.25, 0.3) is 0 Å². The van der Waals surface area contributed by atoms with Crippen LogP contribution in [0.2, 0.25) is 5.02 Å².